The summed E-state index contributed by atoms with van der Waals surface area (Å²) in [6.45, 7) is 18.9. The second-order valence-electron chi connectivity index (χ2n) is 35.5. The first kappa shape index (κ1) is 71.0. The predicted molar refractivity (Wildman–Crippen MR) is 503 cm³/mol. The molecule has 568 valence electrons. The molecule has 0 aliphatic heterocycles. The van der Waals surface area contributed by atoms with Gasteiger partial charge in [-0.3, -0.25) is 9.97 Å². The monoisotopic (exact) mass is 1530 g/mol. The van der Waals surface area contributed by atoms with Gasteiger partial charge < -0.3 is 0 Å². The second-order valence-corrected chi connectivity index (χ2v) is 35.5. The quantitative estimate of drug-likeness (QED) is 0.142. The predicted octanol–water partition coefficient (Wildman–Crippen LogP) is 30.4. The molecule has 0 saturated heterocycles. The Labute approximate surface area is 700 Å². The molecule has 4 aliphatic rings. The molecule has 0 radical (unpaired) electrons. The van der Waals surface area contributed by atoms with E-state index >= 15 is 0 Å². The summed E-state index contributed by atoms with van der Waals surface area (Å²) in [7, 11) is 0. The van der Waals surface area contributed by atoms with Gasteiger partial charge in [0.15, 0.2) is 0 Å². The minimum atomic E-state index is -0.118. The number of pyridine rings is 4. The van der Waals surface area contributed by atoms with Gasteiger partial charge >= 0.3 is 0 Å². The van der Waals surface area contributed by atoms with E-state index in [2.05, 4.69) is 395 Å². The van der Waals surface area contributed by atoms with E-state index in [0.717, 1.165) is 99.2 Å². The molecule has 0 bridgehead atoms. The van der Waals surface area contributed by atoms with Gasteiger partial charge in [0, 0.05) is 88.6 Å². The van der Waals surface area contributed by atoms with Crippen LogP contribution in [0.25, 0.3) is 199 Å². The van der Waals surface area contributed by atoms with Crippen LogP contribution in [0.15, 0.2) is 364 Å². The van der Waals surface area contributed by atoms with Gasteiger partial charge in [-0.1, -0.05) is 341 Å². The summed E-state index contributed by atoms with van der Waals surface area (Å²) < 4.78 is 0. The topological polar surface area (TPSA) is 51.6 Å². The fraction of sp³-hybridized carbons (Fsp3) is 0.103. The lowest BCUT2D eigenvalue weighted by Gasteiger charge is -2.23. The first-order valence-corrected chi connectivity index (χ1v) is 42.1. The van der Waals surface area contributed by atoms with Crippen LogP contribution < -0.4 is 0 Å². The summed E-state index contributed by atoms with van der Waals surface area (Å²) in [5.41, 5.74) is 43.6. The number of fused-ring (bicyclic) bond motifs is 20. The lowest BCUT2D eigenvalue weighted by Crippen LogP contribution is -2.15. The van der Waals surface area contributed by atoms with Crippen LogP contribution in [-0.2, 0) is 21.7 Å². The Morgan fingerprint density at radius 3 is 0.958 bits per heavy atom. The molecule has 4 aliphatic carbocycles. The maximum absolute atomic E-state index is 5.63. The van der Waals surface area contributed by atoms with Crippen molar-refractivity contribution in [1.82, 2.24) is 19.9 Å². The van der Waals surface area contributed by atoms with Gasteiger partial charge in [0.2, 0.25) is 0 Å². The lowest BCUT2D eigenvalue weighted by molar-refractivity contribution is 0.660. The summed E-state index contributed by atoms with van der Waals surface area (Å²) in [6.07, 6.45) is 3.86. The average molecular weight is 1530 g/mol. The maximum Gasteiger partial charge on any atom is 0.0794 e. The molecule has 0 spiro atoms. The summed E-state index contributed by atoms with van der Waals surface area (Å²) in [6, 6.07) is 130. The van der Waals surface area contributed by atoms with E-state index in [9.17, 15) is 0 Å². The number of para-hydroxylation sites is 2. The van der Waals surface area contributed by atoms with Crippen LogP contribution in [0.4, 0.5) is 0 Å². The number of nitrogens with zero attached hydrogens (tertiary/aromatic N) is 4. The molecule has 0 N–H and O–H groups in total. The van der Waals surface area contributed by atoms with E-state index in [1.807, 2.05) is 24.5 Å². The highest BCUT2D eigenvalue weighted by Gasteiger charge is 2.40. The molecular formula is C116H84N4. The van der Waals surface area contributed by atoms with Gasteiger partial charge in [0.1, 0.15) is 0 Å². The zero-order valence-electron chi connectivity index (χ0n) is 68.4. The SMILES string of the molecule is CC1(C)c2ccccc2-c2ccc(-c3cc(-c4ccc5c(c4)C(C)(C)c4ccccc4-5)c4cc(-c5ccc(-c6cccc7cccnc67)cc5)c5ccccc5c4n3)cc21.CC1(C)c2ccccc2-c2ccc(-c3cc(-c4ccc5c(c4)C(C)(C)c4ccccc4-5)c4cc(-c5ccc(-c6cnc7ccccc7c6)cc5)c5ccccc5c4n3)cc21. The Morgan fingerprint density at radius 1 is 0.183 bits per heavy atom. The molecule has 0 atom stereocenters. The maximum atomic E-state index is 5.63. The van der Waals surface area contributed by atoms with E-state index in [0.29, 0.717) is 0 Å². The van der Waals surface area contributed by atoms with Crippen molar-refractivity contribution in [3.05, 3.63) is 409 Å². The molecule has 0 unspecified atom stereocenters. The molecule has 4 nitrogen and oxygen atoms in total. The Balaban J connectivity index is 0.000000140. The molecule has 0 amide bonds. The summed E-state index contributed by atoms with van der Waals surface area (Å²) in [4.78, 5) is 20.7. The molecule has 16 aromatic carbocycles. The van der Waals surface area contributed by atoms with Gasteiger partial charge in [0.05, 0.1) is 33.5 Å². The highest BCUT2D eigenvalue weighted by molar-refractivity contribution is 6.18. The Bertz CT molecular complexity index is 7750. The van der Waals surface area contributed by atoms with Crippen LogP contribution in [0.3, 0.4) is 0 Å². The number of hydrogen-bond acceptors (Lipinski definition) is 4. The zero-order valence-corrected chi connectivity index (χ0v) is 68.4. The molecule has 4 aromatic heterocycles. The molecule has 24 rings (SSSR count). The number of hydrogen-bond donors (Lipinski definition) is 0. The molecular weight excluding hydrogens is 1450 g/mol. The minimum Gasteiger partial charge on any atom is -0.256 e. The van der Waals surface area contributed by atoms with E-state index in [1.165, 1.54) is 144 Å². The molecule has 20 aromatic rings. The van der Waals surface area contributed by atoms with Crippen LogP contribution >= 0.6 is 0 Å². The zero-order chi connectivity index (χ0) is 80.7. The standard InChI is InChI=1S/2C58H42N2/c1-57(2)50-18-10-8-15-42(50)44-27-25-37(30-52(44)57)48-33-55(39-26-28-45-43-16-9-11-19-51(43)58(3,4)53(45)31-39)60-56-46-17-7-6-14-41(46)47(32-49(48)56)36-23-21-35(22-24-36)40-29-38-13-5-12-20-54(38)59-34-40;1-57(2)50-20-9-7-16-42(50)44-28-26-38(31-52(44)57)48-34-54(39-27-29-45-43-17-8-10-21-51(43)58(3,4)53(45)32-39)60-56-46-18-6-5-15-41(46)47(33-49(48)56)36-24-22-35(23-25-36)40-19-11-13-37-14-12-30-59-55(37)40/h2*5-34H,1-4H3. The fourth-order valence-electron chi connectivity index (χ4n) is 21.1. The average Bonchev–Trinajstić information content (AvgIpc) is 1.48. The molecule has 4 heterocycles. The van der Waals surface area contributed by atoms with Crippen molar-refractivity contribution in [2.45, 2.75) is 77.0 Å². The third kappa shape index (κ3) is 10.9. The van der Waals surface area contributed by atoms with Gasteiger partial charge in [-0.25, -0.2) is 9.97 Å². The molecule has 4 heteroatoms. The van der Waals surface area contributed by atoms with Crippen molar-refractivity contribution in [2.75, 3.05) is 0 Å². The first-order valence-electron chi connectivity index (χ1n) is 42.1. The number of rotatable bonds is 8. The van der Waals surface area contributed by atoms with Crippen LogP contribution in [0.2, 0.25) is 0 Å². The normalized spacial score (nSPS) is 14.3. The first-order chi connectivity index (χ1) is 58.5. The number of aromatic nitrogens is 4. The highest BCUT2D eigenvalue weighted by atomic mass is 14.7. The van der Waals surface area contributed by atoms with Crippen molar-refractivity contribution in [2.24, 2.45) is 0 Å². The van der Waals surface area contributed by atoms with Crippen molar-refractivity contribution in [1.29, 1.82) is 0 Å². The van der Waals surface area contributed by atoms with Crippen molar-refractivity contribution >= 4 is 65.2 Å². The molecule has 120 heavy (non-hydrogen) atoms. The van der Waals surface area contributed by atoms with Gasteiger partial charge in [-0.15, -0.1) is 0 Å². The molecule has 0 fully saturated rings. The molecule has 0 saturated carbocycles. The third-order valence-electron chi connectivity index (χ3n) is 27.4. The van der Waals surface area contributed by atoms with E-state index in [-0.39, 0.29) is 21.7 Å². The smallest absolute Gasteiger partial charge is 0.0794 e. The Hall–Kier alpha value is -14.3. The van der Waals surface area contributed by atoms with E-state index in [4.69, 9.17) is 19.9 Å². The van der Waals surface area contributed by atoms with Crippen LogP contribution in [0, 0.1) is 0 Å². The third-order valence-corrected chi connectivity index (χ3v) is 27.4. The van der Waals surface area contributed by atoms with Crippen molar-refractivity contribution < 1.29 is 0 Å². The Morgan fingerprint density at radius 2 is 0.508 bits per heavy atom. The van der Waals surface area contributed by atoms with Gasteiger partial charge in [-0.2, -0.15) is 0 Å². The Kier molecular flexibility index (Phi) is 15.7. The van der Waals surface area contributed by atoms with Crippen LogP contribution in [0.1, 0.15) is 99.9 Å². The summed E-state index contributed by atoms with van der Waals surface area (Å²) in [5.74, 6) is 0. The largest absolute Gasteiger partial charge is 0.256 e. The fourth-order valence-corrected chi connectivity index (χ4v) is 21.1. The summed E-state index contributed by atoms with van der Waals surface area (Å²) in [5, 5.41) is 9.28. The van der Waals surface area contributed by atoms with Crippen LogP contribution in [-0.4, -0.2) is 19.9 Å². The van der Waals surface area contributed by atoms with Crippen molar-refractivity contribution in [3.8, 4) is 134 Å². The van der Waals surface area contributed by atoms with Gasteiger partial charge in [0.25, 0.3) is 0 Å². The lowest BCUT2D eigenvalue weighted by atomic mass is 9.81. The highest BCUT2D eigenvalue weighted by Crippen LogP contribution is 2.56. The van der Waals surface area contributed by atoms with Gasteiger partial charge in [-0.05, 0) is 222 Å². The minimum absolute atomic E-state index is 0.107. The second kappa shape index (κ2) is 26.6. The van der Waals surface area contributed by atoms with E-state index in [1.54, 1.807) is 0 Å². The number of benzene rings is 16. The van der Waals surface area contributed by atoms with Crippen molar-refractivity contribution in [3.63, 3.8) is 0 Å². The summed E-state index contributed by atoms with van der Waals surface area (Å²) >= 11 is 0. The van der Waals surface area contributed by atoms with Crippen LogP contribution in [0.5, 0.6) is 0 Å². The van der Waals surface area contributed by atoms with E-state index < -0.39 is 0 Å².